The zero-order valence-corrected chi connectivity index (χ0v) is 14.2. The second kappa shape index (κ2) is 6.38. The molecule has 3 aromatic rings. The van der Waals surface area contributed by atoms with Gasteiger partial charge in [0.25, 0.3) is 10.8 Å². The fourth-order valence-electron chi connectivity index (χ4n) is 2.60. The van der Waals surface area contributed by atoms with Crippen LogP contribution in [0.2, 0.25) is 0 Å². The molecule has 122 valence electrons. The Labute approximate surface area is 143 Å². The first-order chi connectivity index (χ1) is 11.6. The smallest absolute Gasteiger partial charge is 0.275 e. The van der Waals surface area contributed by atoms with Gasteiger partial charge in [0.05, 0.1) is 18.7 Å². The number of hydrogen-bond acceptors (Lipinski definition) is 5. The van der Waals surface area contributed by atoms with Gasteiger partial charge in [0, 0.05) is 0 Å². The molecular formula is C18H16N2O3S. The van der Waals surface area contributed by atoms with Crippen molar-refractivity contribution in [3.05, 3.63) is 40.2 Å². The molecule has 2 heterocycles. The molecule has 0 aliphatic heterocycles. The van der Waals surface area contributed by atoms with Gasteiger partial charge < -0.3 is 9.84 Å². The van der Waals surface area contributed by atoms with Gasteiger partial charge in [0.2, 0.25) is 0 Å². The molecule has 0 saturated carbocycles. The van der Waals surface area contributed by atoms with Crippen molar-refractivity contribution in [2.75, 3.05) is 6.61 Å². The predicted molar refractivity (Wildman–Crippen MR) is 95.7 cm³/mol. The van der Waals surface area contributed by atoms with Crippen molar-refractivity contribution in [1.29, 1.82) is 0 Å². The van der Waals surface area contributed by atoms with E-state index in [0.717, 1.165) is 5.56 Å². The molecule has 2 aromatic heterocycles. The number of terminal acetylenes is 1. The van der Waals surface area contributed by atoms with Gasteiger partial charge >= 0.3 is 0 Å². The molecule has 0 spiro atoms. The number of fused-ring (bicyclic) bond motifs is 1. The highest BCUT2D eigenvalue weighted by molar-refractivity contribution is 7.20. The Morgan fingerprint density at radius 1 is 1.42 bits per heavy atom. The molecule has 0 bridgehead atoms. The summed E-state index contributed by atoms with van der Waals surface area (Å²) in [6.45, 7) is 4.26. The number of hydrogen-bond donors (Lipinski definition) is 1. The van der Waals surface area contributed by atoms with Crippen LogP contribution in [0.25, 0.3) is 21.5 Å². The number of ether oxygens (including phenoxy) is 1. The molecular weight excluding hydrogens is 324 g/mol. The lowest BCUT2D eigenvalue weighted by Gasteiger charge is -2.11. The molecule has 0 saturated heterocycles. The van der Waals surface area contributed by atoms with E-state index in [4.69, 9.17) is 11.2 Å². The first-order valence-corrected chi connectivity index (χ1v) is 8.28. The average Bonchev–Trinajstić information content (AvgIpc) is 2.98. The lowest BCUT2D eigenvalue weighted by molar-refractivity contribution is 0.338. The van der Waals surface area contributed by atoms with Gasteiger partial charge in [0.15, 0.2) is 5.65 Å². The molecule has 1 aromatic carbocycles. The van der Waals surface area contributed by atoms with E-state index in [0.29, 0.717) is 27.7 Å². The summed E-state index contributed by atoms with van der Waals surface area (Å²) in [4.78, 5) is 17.2. The molecule has 0 atom stereocenters. The van der Waals surface area contributed by atoms with Crippen molar-refractivity contribution in [3.8, 4) is 34.4 Å². The maximum Gasteiger partial charge on any atom is 0.275 e. The van der Waals surface area contributed by atoms with E-state index in [9.17, 15) is 9.90 Å². The Kier molecular flexibility index (Phi) is 4.28. The summed E-state index contributed by atoms with van der Waals surface area (Å²) in [6.07, 6.45) is 5.41. The average molecular weight is 340 g/mol. The lowest BCUT2D eigenvalue weighted by atomic mass is 10.0. The number of aromatic nitrogens is 2. The van der Waals surface area contributed by atoms with Crippen molar-refractivity contribution in [2.24, 2.45) is 0 Å². The van der Waals surface area contributed by atoms with E-state index in [1.807, 2.05) is 38.1 Å². The van der Waals surface area contributed by atoms with Crippen LogP contribution >= 0.6 is 11.3 Å². The normalized spacial score (nSPS) is 10.7. The van der Waals surface area contributed by atoms with Crippen molar-refractivity contribution >= 4 is 21.7 Å². The summed E-state index contributed by atoms with van der Waals surface area (Å²) in [7, 11) is 0. The fraction of sp³-hybridized carbons (Fsp3) is 0.222. The van der Waals surface area contributed by atoms with Crippen LogP contribution < -0.4 is 10.3 Å². The second-order valence-corrected chi connectivity index (χ2v) is 6.16. The first-order valence-electron chi connectivity index (χ1n) is 7.47. The Balaban J connectivity index is 2.41. The lowest BCUT2D eigenvalue weighted by Crippen LogP contribution is -2.22. The van der Waals surface area contributed by atoms with E-state index in [-0.39, 0.29) is 23.4 Å². The van der Waals surface area contributed by atoms with Gasteiger partial charge in [-0.25, -0.2) is 0 Å². The standard InChI is InChI=1S/C18H16N2O3S/c1-4-10-20-16-15(24-18(19-16)23-5-2)14(21)13(17(20)22)12-9-7-6-8-11(12)3/h1,6-9,21H,5,10H2,2-3H3. The number of rotatable bonds is 4. The molecule has 0 radical (unpaired) electrons. The molecule has 3 rings (SSSR count). The van der Waals surface area contributed by atoms with E-state index in [1.165, 1.54) is 15.9 Å². The monoisotopic (exact) mass is 340 g/mol. The zero-order valence-electron chi connectivity index (χ0n) is 13.4. The SMILES string of the molecule is C#CCn1c(=O)c(-c2ccccc2C)c(O)c2sc(OCC)nc21. The van der Waals surface area contributed by atoms with E-state index in [1.54, 1.807) is 0 Å². The van der Waals surface area contributed by atoms with Crippen LogP contribution in [0.1, 0.15) is 12.5 Å². The number of aromatic hydroxyl groups is 1. The van der Waals surface area contributed by atoms with Crippen LogP contribution in [-0.2, 0) is 6.54 Å². The number of benzene rings is 1. The topological polar surface area (TPSA) is 64.4 Å². The van der Waals surface area contributed by atoms with Crippen LogP contribution in [0.4, 0.5) is 0 Å². The molecule has 0 aliphatic rings. The molecule has 5 nitrogen and oxygen atoms in total. The van der Waals surface area contributed by atoms with Gasteiger partial charge in [0.1, 0.15) is 10.4 Å². The summed E-state index contributed by atoms with van der Waals surface area (Å²) in [5.74, 6) is 2.39. The molecule has 1 N–H and O–H groups in total. The van der Waals surface area contributed by atoms with E-state index >= 15 is 0 Å². The number of thiazole rings is 1. The summed E-state index contributed by atoms with van der Waals surface area (Å²) >= 11 is 1.20. The Hall–Kier alpha value is -2.78. The molecule has 0 fully saturated rings. The summed E-state index contributed by atoms with van der Waals surface area (Å²) in [5, 5.41) is 11.1. The molecule has 0 amide bonds. The minimum absolute atomic E-state index is 0.0732. The van der Waals surface area contributed by atoms with Gasteiger partial charge in [-0.15, -0.1) is 6.42 Å². The van der Waals surface area contributed by atoms with Gasteiger partial charge in [-0.1, -0.05) is 41.5 Å². The summed E-state index contributed by atoms with van der Waals surface area (Å²) < 4.78 is 7.31. The fourth-order valence-corrected chi connectivity index (χ4v) is 3.52. The third-order valence-corrected chi connectivity index (χ3v) is 4.65. The van der Waals surface area contributed by atoms with Crippen LogP contribution in [0, 0.1) is 19.3 Å². The molecule has 0 unspecified atom stereocenters. The van der Waals surface area contributed by atoms with E-state index < -0.39 is 0 Å². The molecule has 6 heteroatoms. The van der Waals surface area contributed by atoms with Crippen LogP contribution in [0.15, 0.2) is 29.1 Å². The third kappa shape index (κ3) is 2.53. The number of aryl methyl sites for hydroxylation is 1. The number of nitrogens with zero attached hydrogens (tertiary/aromatic N) is 2. The minimum atomic E-state index is -0.361. The van der Waals surface area contributed by atoms with Crippen molar-refractivity contribution in [3.63, 3.8) is 0 Å². The number of pyridine rings is 1. The van der Waals surface area contributed by atoms with Crippen LogP contribution in [0.5, 0.6) is 10.9 Å². The molecule has 0 aliphatic carbocycles. The predicted octanol–water partition coefficient (Wildman–Crippen LogP) is 3.17. The van der Waals surface area contributed by atoms with Crippen LogP contribution in [-0.4, -0.2) is 21.3 Å². The van der Waals surface area contributed by atoms with Crippen molar-refractivity contribution in [1.82, 2.24) is 9.55 Å². The Morgan fingerprint density at radius 3 is 2.83 bits per heavy atom. The first kappa shape index (κ1) is 16.1. The maximum atomic E-state index is 12.9. The molecule has 24 heavy (non-hydrogen) atoms. The highest BCUT2D eigenvalue weighted by atomic mass is 32.1. The maximum absolute atomic E-state index is 12.9. The van der Waals surface area contributed by atoms with E-state index in [2.05, 4.69) is 10.9 Å². The van der Waals surface area contributed by atoms with Crippen LogP contribution in [0.3, 0.4) is 0 Å². The highest BCUT2D eigenvalue weighted by Crippen LogP contribution is 2.39. The highest BCUT2D eigenvalue weighted by Gasteiger charge is 2.22. The third-order valence-electron chi connectivity index (χ3n) is 3.69. The summed E-state index contributed by atoms with van der Waals surface area (Å²) in [6, 6.07) is 7.41. The van der Waals surface area contributed by atoms with Gasteiger partial charge in [-0.3, -0.25) is 9.36 Å². The summed E-state index contributed by atoms with van der Waals surface area (Å²) in [5.41, 5.74) is 1.80. The van der Waals surface area contributed by atoms with Gasteiger partial charge in [-0.2, -0.15) is 4.98 Å². The zero-order chi connectivity index (χ0) is 17.3. The van der Waals surface area contributed by atoms with Gasteiger partial charge in [-0.05, 0) is 25.0 Å². The van der Waals surface area contributed by atoms with Crippen molar-refractivity contribution in [2.45, 2.75) is 20.4 Å². The second-order valence-electron chi connectivity index (χ2n) is 5.20. The minimum Gasteiger partial charge on any atom is -0.505 e. The largest absolute Gasteiger partial charge is 0.505 e. The Morgan fingerprint density at radius 2 is 2.17 bits per heavy atom. The quantitative estimate of drug-likeness (QED) is 0.741. The van der Waals surface area contributed by atoms with Crippen molar-refractivity contribution < 1.29 is 9.84 Å². The Bertz CT molecular complexity index is 1010.